The van der Waals surface area contributed by atoms with Gasteiger partial charge in [0, 0.05) is 11.1 Å². The van der Waals surface area contributed by atoms with E-state index in [0.717, 1.165) is 35.2 Å². The largest absolute Gasteiger partial charge is 0.385 e. The van der Waals surface area contributed by atoms with E-state index < -0.39 is 5.60 Å². The Kier molecular flexibility index (Phi) is 4.96. The van der Waals surface area contributed by atoms with Crippen LogP contribution in [-0.2, 0) is 5.60 Å². The Balaban J connectivity index is 2.10. The van der Waals surface area contributed by atoms with Crippen LogP contribution >= 0.6 is 0 Å². The first-order valence-electron chi connectivity index (χ1n) is 7.69. The third-order valence-corrected chi connectivity index (χ3v) is 3.79. The number of aliphatic hydroxyl groups is 1. The molecule has 1 atom stereocenters. The van der Waals surface area contributed by atoms with Gasteiger partial charge in [0.2, 0.25) is 0 Å². The smallest absolute Gasteiger partial charge is 0.0880 e. The lowest BCUT2D eigenvalue weighted by molar-refractivity contribution is 0.0480. The third kappa shape index (κ3) is 4.26. The van der Waals surface area contributed by atoms with E-state index in [1.807, 2.05) is 38.1 Å². The van der Waals surface area contributed by atoms with Crippen molar-refractivity contribution in [3.8, 4) is 0 Å². The molecule has 0 saturated heterocycles. The fourth-order valence-electron chi connectivity index (χ4n) is 2.43. The van der Waals surface area contributed by atoms with Crippen molar-refractivity contribution in [3.05, 3.63) is 41.6 Å². The normalized spacial score (nSPS) is 14.6. The summed E-state index contributed by atoms with van der Waals surface area (Å²) < 4.78 is 0. The van der Waals surface area contributed by atoms with Gasteiger partial charge in [0.15, 0.2) is 0 Å². The highest BCUT2D eigenvalue weighted by Crippen LogP contribution is 2.27. The Morgan fingerprint density at radius 1 is 1.24 bits per heavy atom. The number of aromatic nitrogens is 1. The molecular weight excluding hydrogens is 260 g/mol. The lowest BCUT2D eigenvalue weighted by Gasteiger charge is -2.24. The van der Waals surface area contributed by atoms with Crippen LogP contribution in [0.4, 0.5) is 0 Å². The van der Waals surface area contributed by atoms with Crippen molar-refractivity contribution in [1.82, 2.24) is 10.3 Å². The van der Waals surface area contributed by atoms with Gasteiger partial charge in [-0.2, -0.15) is 0 Å². The van der Waals surface area contributed by atoms with Crippen molar-refractivity contribution in [1.29, 1.82) is 0 Å². The van der Waals surface area contributed by atoms with E-state index in [2.05, 4.69) is 30.2 Å². The lowest BCUT2D eigenvalue weighted by atomic mass is 9.91. The second-order valence-electron chi connectivity index (χ2n) is 6.48. The second-order valence-corrected chi connectivity index (χ2v) is 6.48. The van der Waals surface area contributed by atoms with Gasteiger partial charge in [0.25, 0.3) is 0 Å². The number of benzene rings is 1. The molecule has 3 heteroatoms. The molecule has 1 heterocycles. The minimum absolute atomic E-state index is 0.630. The number of nitrogens with one attached hydrogen (secondary N) is 1. The van der Waals surface area contributed by atoms with Crippen LogP contribution in [-0.4, -0.2) is 23.2 Å². The number of aryl methyl sites for hydroxylation is 1. The van der Waals surface area contributed by atoms with E-state index in [1.54, 1.807) is 0 Å². The zero-order valence-corrected chi connectivity index (χ0v) is 13.5. The Bertz CT molecular complexity index is 605. The zero-order chi connectivity index (χ0) is 15.5. The predicted molar refractivity (Wildman–Crippen MR) is 88.4 cm³/mol. The molecule has 0 radical (unpaired) electrons. The highest BCUT2D eigenvalue weighted by molar-refractivity contribution is 5.79. The van der Waals surface area contributed by atoms with Crippen molar-refractivity contribution >= 4 is 10.9 Å². The molecule has 0 aliphatic carbocycles. The van der Waals surface area contributed by atoms with Gasteiger partial charge in [-0.1, -0.05) is 26.0 Å². The zero-order valence-electron chi connectivity index (χ0n) is 13.5. The molecule has 2 rings (SSSR count). The van der Waals surface area contributed by atoms with Crippen molar-refractivity contribution in [2.24, 2.45) is 5.92 Å². The highest BCUT2D eigenvalue weighted by Gasteiger charge is 2.22. The van der Waals surface area contributed by atoms with Crippen molar-refractivity contribution in [2.45, 2.75) is 39.7 Å². The molecule has 0 saturated carbocycles. The Morgan fingerprint density at radius 2 is 2.00 bits per heavy atom. The standard InChI is InChI=1S/C18H26N2O/c1-13(2)12-19-10-9-18(4,21)16-7-8-17-15(11-16)6-5-14(3)20-17/h5-8,11,13,19,21H,9-10,12H2,1-4H3. The number of hydrogen-bond acceptors (Lipinski definition) is 3. The summed E-state index contributed by atoms with van der Waals surface area (Å²) in [6.07, 6.45) is 0.699. The van der Waals surface area contributed by atoms with Gasteiger partial charge in [-0.25, -0.2) is 0 Å². The van der Waals surface area contributed by atoms with Crippen LogP contribution in [0.1, 0.15) is 38.4 Å². The van der Waals surface area contributed by atoms with Crippen molar-refractivity contribution in [3.63, 3.8) is 0 Å². The molecule has 1 aromatic carbocycles. The quantitative estimate of drug-likeness (QED) is 0.800. The fraction of sp³-hybridized carbons (Fsp3) is 0.500. The molecule has 1 unspecified atom stereocenters. The molecule has 1 aromatic heterocycles. The molecule has 0 amide bonds. The molecule has 0 aliphatic rings. The van der Waals surface area contributed by atoms with E-state index in [9.17, 15) is 5.11 Å². The lowest BCUT2D eigenvalue weighted by Crippen LogP contribution is -2.29. The average Bonchev–Trinajstić information content (AvgIpc) is 2.43. The average molecular weight is 286 g/mol. The maximum absolute atomic E-state index is 10.7. The first-order valence-corrected chi connectivity index (χ1v) is 7.69. The summed E-state index contributed by atoms with van der Waals surface area (Å²) in [7, 11) is 0. The van der Waals surface area contributed by atoms with E-state index in [1.165, 1.54) is 0 Å². The first-order chi connectivity index (χ1) is 9.88. The Morgan fingerprint density at radius 3 is 2.71 bits per heavy atom. The highest BCUT2D eigenvalue weighted by atomic mass is 16.3. The molecule has 21 heavy (non-hydrogen) atoms. The van der Waals surface area contributed by atoms with Gasteiger partial charge >= 0.3 is 0 Å². The maximum atomic E-state index is 10.7. The van der Waals surface area contributed by atoms with Crippen LogP contribution in [0.3, 0.4) is 0 Å². The fourth-order valence-corrected chi connectivity index (χ4v) is 2.43. The van der Waals surface area contributed by atoms with Gasteiger partial charge in [-0.05, 0) is 63.0 Å². The van der Waals surface area contributed by atoms with Gasteiger partial charge in [-0.3, -0.25) is 4.98 Å². The van der Waals surface area contributed by atoms with Crippen molar-refractivity contribution < 1.29 is 5.11 Å². The predicted octanol–water partition coefficient (Wildman–Crippen LogP) is 3.39. The molecular formula is C18H26N2O. The summed E-state index contributed by atoms with van der Waals surface area (Å²) in [5.41, 5.74) is 2.13. The third-order valence-electron chi connectivity index (χ3n) is 3.79. The molecule has 0 fully saturated rings. The van der Waals surface area contributed by atoms with Crippen LogP contribution in [0, 0.1) is 12.8 Å². The van der Waals surface area contributed by atoms with Crippen LogP contribution in [0.5, 0.6) is 0 Å². The summed E-state index contributed by atoms with van der Waals surface area (Å²) in [5.74, 6) is 0.630. The number of nitrogens with zero attached hydrogens (tertiary/aromatic N) is 1. The summed E-state index contributed by atoms with van der Waals surface area (Å²) >= 11 is 0. The number of fused-ring (bicyclic) bond motifs is 1. The van der Waals surface area contributed by atoms with Gasteiger partial charge < -0.3 is 10.4 Å². The maximum Gasteiger partial charge on any atom is 0.0880 e. The van der Waals surface area contributed by atoms with Gasteiger partial charge in [0.1, 0.15) is 0 Å². The van der Waals surface area contributed by atoms with Gasteiger partial charge in [-0.15, -0.1) is 0 Å². The van der Waals surface area contributed by atoms with E-state index in [0.29, 0.717) is 12.3 Å². The molecule has 2 aromatic rings. The molecule has 114 valence electrons. The number of pyridine rings is 1. The molecule has 3 nitrogen and oxygen atoms in total. The summed E-state index contributed by atoms with van der Waals surface area (Å²) in [4.78, 5) is 4.50. The second kappa shape index (κ2) is 6.54. The molecule has 0 bridgehead atoms. The molecule has 2 N–H and O–H groups in total. The van der Waals surface area contributed by atoms with Crippen LogP contribution in [0.15, 0.2) is 30.3 Å². The SMILES string of the molecule is Cc1ccc2cc(C(C)(O)CCNCC(C)C)ccc2n1. The minimum atomic E-state index is -0.816. The van der Waals surface area contributed by atoms with Crippen molar-refractivity contribution in [2.75, 3.05) is 13.1 Å². The van der Waals surface area contributed by atoms with E-state index in [-0.39, 0.29) is 0 Å². The summed E-state index contributed by atoms with van der Waals surface area (Å²) in [5, 5.41) is 15.2. The van der Waals surface area contributed by atoms with Crippen LogP contribution in [0.2, 0.25) is 0 Å². The van der Waals surface area contributed by atoms with E-state index >= 15 is 0 Å². The monoisotopic (exact) mass is 286 g/mol. The minimum Gasteiger partial charge on any atom is -0.385 e. The summed E-state index contributed by atoms with van der Waals surface area (Å²) in [6, 6.07) is 10.1. The van der Waals surface area contributed by atoms with Crippen LogP contribution in [0.25, 0.3) is 10.9 Å². The Labute approximate surface area is 127 Å². The topological polar surface area (TPSA) is 45.1 Å². The molecule has 0 spiro atoms. The molecule has 0 aliphatic heterocycles. The first kappa shape index (κ1) is 15.9. The van der Waals surface area contributed by atoms with Gasteiger partial charge in [0.05, 0.1) is 11.1 Å². The number of hydrogen-bond donors (Lipinski definition) is 2. The Hall–Kier alpha value is -1.45. The number of rotatable bonds is 6. The van der Waals surface area contributed by atoms with E-state index in [4.69, 9.17) is 0 Å². The summed E-state index contributed by atoms with van der Waals surface area (Å²) in [6.45, 7) is 10.0. The van der Waals surface area contributed by atoms with Crippen LogP contribution < -0.4 is 5.32 Å².